The first-order valence-electron chi connectivity index (χ1n) is 12.6. The van der Waals surface area contributed by atoms with E-state index in [1.54, 1.807) is 31.4 Å². The van der Waals surface area contributed by atoms with Gasteiger partial charge in [-0.2, -0.15) is 0 Å². The van der Waals surface area contributed by atoms with Crippen molar-refractivity contribution in [1.29, 1.82) is 0 Å². The van der Waals surface area contributed by atoms with Gasteiger partial charge in [0.15, 0.2) is 0 Å². The Kier molecular flexibility index (Phi) is 8.63. The number of esters is 1. The molecule has 198 valence electrons. The third-order valence-corrected chi connectivity index (χ3v) is 7.25. The number of methoxy groups -OCH3 is 1. The van der Waals surface area contributed by atoms with E-state index in [0.717, 1.165) is 34.6 Å². The Bertz CT molecular complexity index is 1480. The zero-order valence-electron chi connectivity index (χ0n) is 22.0. The van der Waals surface area contributed by atoms with Gasteiger partial charge in [0, 0.05) is 11.5 Å². The molecule has 4 rings (SSSR count). The first-order chi connectivity index (χ1) is 18.2. The van der Waals surface area contributed by atoms with Crippen molar-refractivity contribution in [3.05, 3.63) is 115 Å². The van der Waals surface area contributed by atoms with Gasteiger partial charge in [-0.15, -0.1) is 0 Å². The Balaban J connectivity index is 1.36. The Morgan fingerprint density at radius 2 is 1.45 bits per heavy atom. The maximum absolute atomic E-state index is 12.9. The van der Waals surface area contributed by atoms with Gasteiger partial charge >= 0.3 is 16.5 Å². The molecule has 0 radical (unpaired) electrons. The van der Waals surface area contributed by atoms with Crippen LogP contribution in [-0.2, 0) is 29.1 Å². The largest absolute Gasteiger partial charge is 0.497 e. The van der Waals surface area contributed by atoms with Crippen molar-refractivity contribution >= 4 is 17.5 Å². The number of benzene rings is 3. The summed E-state index contributed by atoms with van der Waals surface area (Å²) < 4.78 is 13.3. The van der Waals surface area contributed by atoms with E-state index in [1.165, 1.54) is 14.1 Å². The van der Waals surface area contributed by atoms with E-state index in [-0.39, 0.29) is 29.9 Å². The van der Waals surface area contributed by atoms with Crippen molar-refractivity contribution in [2.45, 2.75) is 46.3 Å². The minimum atomic E-state index is -0.394. The van der Waals surface area contributed by atoms with Crippen LogP contribution in [0.3, 0.4) is 0 Å². The van der Waals surface area contributed by atoms with Crippen molar-refractivity contribution in [3.8, 4) is 11.4 Å². The molecule has 0 aliphatic carbocycles. The number of carbonyl (C=O) groups is 1. The van der Waals surface area contributed by atoms with Crippen LogP contribution < -0.4 is 15.3 Å². The van der Waals surface area contributed by atoms with Gasteiger partial charge in [-0.3, -0.25) is 9.59 Å². The molecule has 0 fully saturated rings. The Hall–Kier alpha value is -3.91. The van der Waals surface area contributed by atoms with E-state index in [2.05, 4.69) is 26.0 Å². The van der Waals surface area contributed by atoms with Gasteiger partial charge in [0.2, 0.25) is 0 Å². The van der Waals surface area contributed by atoms with E-state index in [0.29, 0.717) is 17.4 Å². The first kappa shape index (κ1) is 27.1. The summed E-state index contributed by atoms with van der Waals surface area (Å²) in [6, 6.07) is 22.4. The topological polar surface area (TPSA) is 79.5 Å². The minimum Gasteiger partial charge on any atom is -0.497 e. The van der Waals surface area contributed by atoms with Gasteiger partial charge < -0.3 is 9.47 Å². The lowest BCUT2D eigenvalue weighted by molar-refractivity contribution is -0.146. The second-order valence-electron chi connectivity index (χ2n) is 9.70. The van der Waals surface area contributed by atoms with Gasteiger partial charge in [-0.05, 0) is 65.8 Å². The van der Waals surface area contributed by atoms with Crippen LogP contribution in [0, 0.1) is 5.92 Å². The number of hydrogen-bond acceptors (Lipinski definition) is 6. The molecule has 0 saturated carbocycles. The van der Waals surface area contributed by atoms with Crippen LogP contribution in [0.2, 0.25) is 0 Å². The summed E-state index contributed by atoms with van der Waals surface area (Å²) in [5, 5.41) is 0. The molecule has 4 aromatic rings. The zero-order chi connectivity index (χ0) is 27.2. The number of nitrogens with zero attached hydrogens (tertiary/aromatic N) is 2. The summed E-state index contributed by atoms with van der Waals surface area (Å²) >= 11 is 0.858. The Morgan fingerprint density at radius 1 is 0.842 bits per heavy atom. The van der Waals surface area contributed by atoms with Gasteiger partial charge in [-0.25, -0.2) is 13.3 Å². The van der Waals surface area contributed by atoms with E-state index < -0.39 is 5.69 Å². The fraction of sp³-hybridized carbons (Fsp3) is 0.300. The predicted molar refractivity (Wildman–Crippen MR) is 149 cm³/mol. The second kappa shape index (κ2) is 12.1. The monoisotopic (exact) mass is 532 g/mol. The molecule has 3 aromatic carbocycles. The summed E-state index contributed by atoms with van der Waals surface area (Å²) in [7, 11) is 1.57. The van der Waals surface area contributed by atoms with Crippen LogP contribution in [0.25, 0.3) is 5.69 Å². The molecule has 38 heavy (non-hydrogen) atoms. The van der Waals surface area contributed by atoms with Crippen LogP contribution in [0.1, 0.15) is 48.9 Å². The highest BCUT2D eigenvalue weighted by molar-refractivity contribution is 7.03. The predicted octanol–water partition coefficient (Wildman–Crippen LogP) is 5.16. The molecule has 1 atom stereocenters. The Labute approximate surface area is 226 Å². The highest BCUT2D eigenvalue weighted by atomic mass is 32.1. The van der Waals surface area contributed by atoms with Crippen molar-refractivity contribution in [2.75, 3.05) is 7.11 Å². The maximum Gasteiger partial charge on any atom is 0.346 e. The highest BCUT2D eigenvalue weighted by Crippen LogP contribution is 2.20. The van der Waals surface area contributed by atoms with E-state index in [1.807, 2.05) is 43.3 Å². The summed E-state index contributed by atoms with van der Waals surface area (Å²) in [6.45, 7) is 6.52. The third-order valence-electron chi connectivity index (χ3n) is 6.32. The molecule has 0 spiro atoms. The smallest absolute Gasteiger partial charge is 0.346 e. The van der Waals surface area contributed by atoms with Gasteiger partial charge in [0.25, 0.3) is 0 Å². The molecule has 0 aliphatic heterocycles. The minimum absolute atomic E-state index is 0.150. The second-order valence-corrected chi connectivity index (χ2v) is 10.6. The van der Waals surface area contributed by atoms with Gasteiger partial charge in [-0.1, -0.05) is 62.4 Å². The molecule has 1 heterocycles. The van der Waals surface area contributed by atoms with Gasteiger partial charge in [0.1, 0.15) is 12.4 Å². The standard InChI is InChI=1S/C30H32N2O5S/c1-20(2)17-22-9-11-25(12-10-22)21(3)28(33)37-19-24-7-5-23(6-8-24)18-31-29(34)32(38-30(31)35)26-13-15-27(36-4)16-14-26/h5-16,20-21H,17-19H2,1-4H3. The number of hydrogen-bond donors (Lipinski definition) is 0. The number of aromatic nitrogens is 2. The summed E-state index contributed by atoms with van der Waals surface area (Å²) in [6.07, 6.45) is 1.01. The number of ether oxygens (including phenoxy) is 2. The third kappa shape index (κ3) is 6.50. The van der Waals surface area contributed by atoms with Gasteiger partial charge in [0.05, 0.1) is 25.3 Å². The number of carbonyl (C=O) groups excluding carboxylic acids is 1. The van der Waals surface area contributed by atoms with Crippen molar-refractivity contribution < 1.29 is 14.3 Å². The molecule has 0 bridgehead atoms. The molecule has 8 heteroatoms. The van der Waals surface area contributed by atoms with Crippen LogP contribution in [0.4, 0.5) is 0 Å². The average molecular weight is 533 g/mol. The first-order valence-corrected chi connectivity index (χ1v) is 13.3. The quantitative estimate of drug-likeness (QED) is 0.264. The van der Waals surface area contributed by atoms with Crippen molar-refractivity contribution in [3.63, 3.8) is 0 Å². The van der Waals surface area contributed by atoms with Crippen LogP contribution >= 0.6 is 11.5 Å². The SMILES string of the molecule is COc1ccc(-n2sc(=O)n(Cc3ccc(COC(=O)C(C)c4ccc(CC(C)C)cc4)cc3)c2=O)cc1. The van der Waals surface area contributed by atoms with Crippen LogP contribution in [0.15, 0.2) is 82.4 Å². The van der Waals surface area contributed by atoms with Crippen LogP contribution in [-0.4, -0.2) is 21.6 Å². The lowest BCUT2D eigenvalue weighted by atomic mass is 9.97. The summed E-state index contributed by atoms with van der Waals surface area (Å²) in [4.78, 5) is 37.7. The molecule has 7 nitrogen and oxygen atoms in total. The van der Waals surface area contributed by atoms with Crippen molar-refractivity contribution in [2.24, 2.45) is 5.92 Å². The molecule has 0 amide bonds. The normalized spacial score (nSPS) is 11.9. The molecule has 1 unspecified atom stereocenters. The molecule has 0 saturated heterocycles. The van der Waals surface area contributed by atoms with E-state index in [9.17, 15) is 14.4 Å². The lowest BCUT2D eigenvalue weighted by Gasteiger charge is -2.13. The lowest BCUT2D eigenvalue weighted by Crippen LogP contribution is -2.28. The fourth-order valence-corrected chi connectivity index (χ4v) is 4.92. The highest BCUT2D eigenvalue weighted by Gasteiger charge is 2.17. The summed E-state index contributed by atoms with van der Waals surface area (Å²) in [5.74, 6) is 0.610. The zero-order valence-corrected chi connectivity index (χ0v) is 22.9. The van der Waals surface area contributed by atoms with E-state index >= 15 is 0 Å². The number of rotatable bonds is 10. The van der Waals surface area contributed by atoms with E-state index in [4.69, 9.17) is 9.47 Å². The fourth-order valence-electron chi connectivity index (χ4n) is 4.12. The van der Waals surface area contributed by atoms with Crippen molar-refractivity contribution in [1.82, 2.24) is 8.52 Å². The molecular formula is C30H32N2O5S. The maximum atomic E-state index is 12.9. The Morgan fingerprint density at radius 3 is 2.05 bits per heavy atom. The molecule has 0 N–H and O–H groups in total. The molecule has 0 aliphatic rings. The molecule has 1 aromatic heterocycles. The summed E-state index contributed by atoms with van der Waals surface area (Å²) in [5.41, 5.74) is 4.03. The average Bonchev–Trinajstić information content (AvgIpc) is 3.20. The van der Waals surface area contributed by atoms with Crippen LogP contribution in [0.5, 0.6) is 5.75 Å². The molecular weight excluding hydrogens is 500 g/mol.